The highest BCUT2D eigenvalue weighted by atomic mass is 16.4. The molecule has 20 heavy (non-hydrogen) atoms. The molecule has 0 aromatic carbocycles. The van der Waals surface area contributed by atoms with E-state index in [1.807, 2.05) is 13.8 Å². The predicted molar refractivity (Wildman–Crippen MR) is 74.0 cm³/mol. The van der Waals surface area contributed by atoms with Gasteiger partial charge in [-0.1, -0.05) is 19.8 Å². The molecule has 0 saturated heterocycles. The van der Waals surface area contributed by atoms with E-state index in [4.69, 9.17) is 9.52 Å². The number of hydrogen-bond donors (Lipinski definition) is 1. The number of furan rings is 1. The van der Waals surface area contributed by atoms with E-state index in [0.29, 0.717) is 18.7 Å². The Balaban J connectivity index is 2.25. The molecule has 1 amide bonds. The second-order valence-corrected chi connectivity index (χ2v) is 5.14. The lowest BCUT2D eigenvalue weighted by molar-refractivity contribution is 0.0656. The molecule has 1 fully saturated rings. The van der Waals surface area contributed by atoms with E-state index in [1.165, 1.54) is 6.07 Å². The summed E-state index contributed by atoms with van der Waals surface area (Å²) in [6.07, 6.45) is 4.80. The number of amides is 1. The molecule has 0 spiro atoms. The fourth-order valence-corrected chi connectivity index (χ4v) is 2.90. The number of carbonyl (C=O) groups is 2. The monoisotopic (exact) mass is 279 g/mol. The molecule has 1 aliphatic rings. The lowest BCUT2D eigenvalue weighted by Crippen LogP contribution is -2.38. The molecule has 0 radical (unpaired) electrons. The summed E-state index contributed by atoms with van der Waals surface area (Å²) in [5, 5.41) is 9.11. The second-order valence-electron chi connectivity index (χ2n) is 5.14. The van der Waals surface area contributed by atoms with Gasteiger partial charge in [-0.2, -0.15) is 0 Å². The van der Waals surface area contributed by atoms with Gasteiger partial charge >= 0.3 is 5.97 Å². The van der Waals surface area contributed by atoms with Crippen molar-refractivity contribution in [1.29, 1.82) is 0 Å². The van der Waals surface area contributed by atoms with Gasteiger partial charge in [0.15, 0.2) is 5.76 Å². The largest absolute Gasteiger partial charge is 0.478 e. The van der Waals surface area contributed by atoms with Crippen molar-refractivity contribution < 1.29 is 19.1 Å². The summed E-state index contributed by atoms with van der Waals surface area (Å²) in [6, 6.07) is 1.62. The molecule has 1 heterocycles. The third-order valence-corrected chi connectivity index (χ3v) is 3.94. The van der Waals surface area contributed by atoms with Crippen molar-refractivity contribution in [3.05, 3.63) is 23.2 Å². The molecule has 1 aromatic rings. The Bertz CT molecular complexity index is 500. The van der Waals surface area contributed by atoms with Crippen molar-refractivity contribution in [2.24, 2.45) is 0 Å². The van der Waals surface area contributed by atoms with Crippen molar-refractivity contribution in [2.45, 2.75) is 52.0 Å². The van der Waals surface area contributed by atoms with Crippen LogP contribution >= 0.6 is 0 Å². The van der Waals surface area contributed by atoms with Crippen LogP contribution in [0.2, 0.25) is 0 Å². The van der Waals surface area contributed by atoms with Gasteiger partial charge in [0.1, 0.15) is 11.3 Å². The number of rotatable bonds is 5. The SMILES string of the molecule is CCc1oc(C(=O)N(CC)C2CCCC2)cc1C(=O)O. The summed E-state index contributed by atoms with van der Waals surface area (Å²) < 4.78 is 5.46. The van der Waals surface area contributed by atoms with Crippen molar-refractivity contribution in [2.75, 3.05) is 6.54 Å². The highest BCUT2D eigenvalue weighted by molar-refractivity contribution is 5.96. The lowest BCUT2D eigenvalue weighted by atomic mass is 10.2. The van der Waals surface area contributed by atoms with Crippen LogP contribution in [0.5, 0.6) is 0 Å². The molecule has 1 aromatic heterocycles. The third-order valence-electron chi connectivity index (χ3n) is 3.94. The van der Waals surface area contributed by atoms with Crippen LogP contribution in [0.4, 0.5) is 0 Å². The molecular weight excluding hydrogens is 258 g/mol. The molecule has 5 nitrogen and oxygen atoms in total. The smallest absolute Gasteiger partial charge is 0.339 e. The van der Waals surface area contributed by atoms with Gasteiger partial charge in [-0.25, -0.2) is 4.79 Å². The summed E-state index contributed by atoms with van der Waals surface area (Å²) in [6.45, 7) is 4.38. The Morgan fingerprint density at radius 1 is 1.35 bits per heavy atom. The zero-order valence-electron chi connectivity index (χ0n) is 12.0. The van der Waals surface area contributed by atoms with Gasteiger partial charge < -0.3 is 14.4 Å². The van der Waals surface area contributed by atoms with Gasteiger partial charge in [-0.05, 0) is 19.8 Å². The molecule has 0 unspecified atom stereocenters. The van der Waals surface area contributed by atoms with Crippen LogP contribution in [-0.4, -0.2) is 34.5 Å². The maximum atomic E-state index is 12.5. The van der Waals surface area contributed by atoms with Crippen molar-refractivity contribution in [1.82, 2.24) is 4.90 Å². The molecule has 0 atom stereocenters. The van der Waals surface area contributed by atoms with Gasteiger partial charge in [0, 0.05) is 25.1 Å². The first-order chi connectivity index (χ1) is 9.58. The molecule has 2 rings (SSSR count). The standard InChI is InChI=1S/C15H21NO4/c1-3-12-11(15(18)19)9-13(20-12)14(17)16(4-2)10-7-5-6-8-10/h9-10H,3-8H2,1-2H3,(H,18,19). The van der Waals surface area contributed by atoms with Gasteiger partial charge in [-0.15, -0.1) is 0 Å². The number of nitrogens with zero attached hydrogens (tertiary/aromatic N) is 1. The Morgan fingerprint density at radius 3 is 2.45 bits per heavy atom. The zero-order chi connectivity index (χ0) is 14.7. The number of carboxylic acids is 1. The maximum Gasteiger partial charge on any atom is 0.339 e. The number of carboxylic acid groups (broad SMARTS) is 1. The van der Waals surface area contributed by atoms with E-state index in [-0.39, 0.29) is 23.3 Å². The van der Waals surface area contributed by atoms with Crippen LogP contribution in [0.1, 0.15) is 66.2 Å². The molecular formula is C15H21NO4. The fourth-order valence-electron chi connectivity index (χ4n) is 2.90. The number of aryl methyl sites for hydroxylation is 1. The lowest BCUT2D eigenvalue weighted by Gasteiger charge is -2.26. The van der Waals surface area contributed by atoms with E-state index in [9.17, 15) is 9.59 Å². The van der Waals surface area contributed by atoms with Gasteiger partial charge in [0.05, 0.1) is 0 Å². The highest BCUT2D eigenvalue weighted by Gasteiger charge is 2.29. The van der Waals surface area contributed by atoms with E-state index >= 15 is 0 Å². The number of carbonyl (C=O) groups excluding carboxylic acids is 1. The quantitative estimate of drug-likeness (QED) is 0.899. The second kappa shape index (κ2) is 6.11. The van der Waals surface area contributed by atoms with E-state index < -0.39 is 5.97 Å². The van der Waals surface area contributed by atoms with Crippen molar-refractivity contribution >= 4 is 11.9 Å². The Labute approximate surface area is 118 Å². The molecule has 1 N–H and O–H groups in total. The normalized spacial score (nSPS) is 15.5. The maximum absolute atomic E-state index is 12.5. The summed E-state index contributed by atoms with van der Waals surface area (Å²) >= 11 is 0. The summed E-state index contributed by atoms with van der Waals surface area (Å²) in [5.41, 5.74) is 0.0957. The Morgan fingerprint density at radius 2 is 2.00 bits per heavy atom. The molecule has 1 saturated carbocycles. The van der Waals surface area contributed by atoms with Crippen molar-refractivity contribution in [3.8, 4) is 0 Å². The molecule has 0 aliphatic heterocycles. The first kappa shape index (κ1) is 14.6. The summed E-state index contributed by atoms with van der Waals surface area (Å²) in [7, 11) is 0. The Hall–Kier alpha value is -1.78. The minimum absolute atomic E-state index is 0.0957. The number of aromatic carboxylic acids is 1. The third kappa shape index (κ3) is 2.71. The summed E-state index contributed by atoms with van der Waals surface area (Å²) in [4.78, 5) is 25.4. The first-order valence-electron chi connectivity index (χ1n) is 7.25. The van der Waals surface area contributed by atoms with E-state index in [0.717, 1.165) is 25.7 Å². The predicted octanol–water partition coefficient (Wildman–Crippen LogP) is 2.94. The molecule has 0 bridgehead atoms. The van der Waals surface area contributed by atoms with Crippen molar-refractivity contribution in [3.63, 3.8) is 0 Å². The molecule has 110 valence electrons. The number of hydrogen-bond acceptors (Lipinski definition) is 3. The Kier molecular flexibility index (Phi) is 4.47. The van der Waals surface area contributed by atoms with Gasteiger partial charge in [0.2, 0.25) is 0 Å². The zero-order valence-corrected chi connectivity index (χ0v) is 12.0. The average Bonchev–Trinajstić information content (AvgIpc) is 3.08. The average molecular weight is 279 g/mol. The van der Waals surface area contributed by atoms with Gasteiger partial charge in [-0.3, -0.25) is 4.79 Å². The minimum Gasteiger partial charge on any atom is -0.478 e. The minimum atomic E-state index is -1.05. The van der Waals surface area contributed by atoms with Crippen LogP contribution in [-0.2, 0) is 6.42 Å². The first-order valence-corrected chi connectivity index (χ1v) is 7.25. The van der Waals surface area contributed by atoms with E-state index in [2.05, 4.69) is 0 Å². The fraction of sp³-hybridized carbons (Fsp3) is 0.600. The van der Waals surface area contributed by atoms with Crippen LogP contribution in [0, 0.1) is 0 Å². The van der Waals surface area contributed by atoms with Gasteiger partial charge in [0.25, 0.3) is 5.91 Å². The molecule has 1 aliphatic carbocycles. The topological polar surface area (TPSA) is 70.8 Å². The molecule has 5 heteroatoms. The summed E-state index contributed by atoms with van der Waals surface area (Å²) in [5.74, 6) is -0.730. The van der Waals surface area contributed by atoms with Crippen LogP contribution < -0.4 is 0 Å². The van der Waals surface area contributed by atoms with E-state index in [1.54, 1.807) is 4.90 Å². The van der Waals surface area contributed by atoms with Crippen LogP contribution in [0.25, 0.3) is 0 Å². The van der Waals surface area contributed by atoms with Crippen LogP contribution in [0.3, 0.4) is 0 Å². The van der Waals surface area contributed by atoms with Crippen LogP contribution in [0.15, 0.2) is 10.5 Å². The highest BCUT2D eigenvalue weighted by Crippen LogP contribution is 2.26.